The number of nitrogens with two attached hydrogens (primary N) is 1. The maximum Gasteiger partial charge on any atom is 0.239 e. The van der Waals surface area contributed by atoms with E-state index in [1.807, 2.05) is 0 Å². The summed E-state index contributed by atoms with van der Waals surface area (Å²) in [6, 6.07) is 1.52. The molecule has 0 aromatic carbocycles. The predicted octanol–water partition coefficient (Wildman–Crippen LogP) is 0.279. The first-order valence-electron chi connectivity index (χ1n) is 3.10. The van der Waals surface area contributed by atoms with Gasteiger partial charge in [0, 0.05) is 11.4 Å². The number of H-pyrrole nitrogens is 1. The first-order chi connectivity index (χ1) is 4.91. The quantitative estimate of drug-likeness (QED) is 0.641. The van der Waals surface area contributed by atoms with Crippen LogP contribution in [0.25, 0.3) is 0 Å². The van der Waals surface area contributed by atoms with Crippen molar-refractivity contribution < 1.29 is 8.42 Å². The molecule has 11 heavy (non-hydrogen) atoms. The number of hydrogen-bond donors (Lipinski definition) is 2. The molecule has 1 aromatic rings. The zero-order valence-electron chi connectivity index (χ0n) is 6.38. The van der Waals surface area contributed by atoms with E-state index in [1.54, 1.807) is 13.8 Å². The van der Waals surface area contributed by atoms with Crippen molar-refractivity contribution >= 4 is 10.0 Å². The summed E-state index contributed by atoms with van der Waals surface area (Å²) in [5.74, 6) is 0. The van der Waals surface area contributed by atoms with E-state index in [2.05, 4.69) is 4.98 Å². The summed E-state index contributed by atoms with van der Waals surface area (Å²) < 4.78 is 21.6. The van der Waals surface area contributed by atoms with Gasteiger partial charge in [0.2, 0.25) is 10.0 Å². The number of primary sulfonamides is 1. The Kier molecular flexibility index (Phi) is 1.77. The van der Waals surface area contributed by atoms with E-state index in [9.17, 15) is 8.42 Å². The molecule has 0 aliphatic rings. The van der Waals surface area contributed by atoms with Crippen LogP contribution in [0.1, 0.15) is 11.4 Å². The molecule has 0 radical (unpaired) electrons. The maximum absolute atomic E-state index is 10.8. The molecule has 62 valence electrons. The van der Waals surface area contributed by atoms with Gasteiger partial charge in [-0.1, -0.05) is 0 Å². The van der Waals surface area contributed by atoms with Crippen LogP contribution in [0.15, 0.2) is 11.0 Å². The van der Waals surface area contributed by atoms with Crippen molar-refractivity contribution in [1.82, 2.24) is 4.98 Å². The highest BCUT2D eigenvalue weighted by atomic mass is 32.2. The van der Waals surface area contributed by atoms with E-state index >= 15 is 0 Å². The lowest BCUT2D eigenvalue weighted by Crippen LogP contribution is -2.12. The van der Waals surface area contributed by atoms with Crippen molar-refractivity contribution in [1.29, 1.82) is 0 Å². The molecule has 0 atom stereocenters. The van der Waals surface area contributed by atoms with E-state index in [1.165, 1.54) is 6.07 Å². The molecule has 4 nitrogen and oxygen atoms in total. The highest BCUT2D eigenvalue weighted by molar-refractivity contribution is 7.89. The second-order valence-corrected chi connectivity index (χ2v) is 4.02. The van der Waals surface area contributed by atoms with E-state index in [-0.39, 0.29) is 4.90 Å². The zero-order chi connectivity index (χ0) is 8.65. The zero-order valence-corrected chi connectivity index (χ0v) is 7.20. The van der Waals surface area contributed by atoms with Crippen molar-refractivity contribution in [2.75, 3.05) is 0 Å². The van der Waals surface area contributed by atoms with Gasteiger partial charge in [0.25, 0.3) is 0 Å². The lowest BCUT2D eigenvalue weighted by atomic mass is 10.4. The Hall–Kier alpha value is -0.810. The molecule has 0 amide bonds. The minimum Gasteiger partial charge on any atom is -0.362 e. The number of aryl methyl sites for hydroxylation is 2. The Balaban J connectivity index is 3.36. The fourth-order valence-electron chi connectivity index (χ4n) is 0.994. The largest absolute Gasteiger partial charge is 0.362 e. The minimum atomic E-state index is -3.54. The van der Waals surface area contributed by atoms with Gasteiger partial charge in [-0.2, -0.15) is 0 Å². The third kappa shape index (κ3) is 1.61. The molecule has 0 spiro atoms. The average molecular weight is 174 g/mol. The first-order valence-corrected chi connectivity index (χ1v) is 4.65. The molecule has 5 heteroatoms. The van der Waals surface area contributed by atoms with Gasteiger partial charge in [-0.05, 0) is 19.9 Å². The summed E-state index contributed by atoms with van der Waals surface area (Å²) in [7, 11) is -3.54. The third-order valence-corrected chi connectivity index (χ3v) is 2.45. The van der Waals surface area contributed by atoms with Crippen molar-refractivity contribution in [2.45, 2.75) is 18.7 Å². The van der Waals surface area contributed by atoms with Crippen molar-refractivity contribution in [3.8, 4) is 0 Å². The second kappa shape index (κ2) is 2.35. The van der Waals surface area contributed by atoms with E-state index < -0.39 is 10.0 Å². The van der Waals surface area contributed by atoms with Crippen LogP contribution in [0.3, 0.4) is 0 Å². The van der Waals surface area contributed by atoms with Crippen LogP contribution in [0.5, 0.6) is 0 Å². The number of sulfonamides is 1. The third-order valence-electron chi connectivity index (χ3n) is 1.41. The van der Waals surface area contributed by atoms with Gasteiger partial charge in [-0.3, -0.25) is 0 Å². The molecule has 1 aromatic heterocycles. The molecular formula is C6H10N2O2S. The van der Waals surface area contributed by atoms with Gasteiger partial charge in [-0.25, -0.2) is 13.6 Å². The summed E-state index contributed by atoms with van der Waals surface area (Å²) in [4.78, 5) is 3.03. The average Bonchev–Trinajstić information content (AvgIpc) is 2.08. The SMILES string of the molecule is Cc1cc(S(N)(=O)=O)c(C)[nH]1. The molecule has 0 unspecified atom stereocenters. The molecule has 1 heterocycles. The monoisotopic (exact) mass is 174 g/mol. The fourth-order valence-corrected chi connectivity index (χ4v) is 1.81. The lowest BCUT2D eigenvalue weighted by Gasteiger charge is -1.92. The Morgan fingerprint density at radius 2 is 2.00 bits per heavy atom. The topological polar surface area (TPSA) is 76.0 Å². The van der Waals surface area contributed by atoms with Crippen LogP contribution in [0.4, 0.5) is 0 Å². The fraction of sp³-hybridized carbons (Fsp3) is 0.333. The number of aromatic amines is 1. The van der Waals surface area contributed by atoms with Crippen molar-refractivity contribution in [3.63, 3.8) is 0 Å². The molecule has 0 saturated heterocycles. The van der Waals surface area contributed by atoms with Crippen LogP contribution < -0.4 is 5.14 Å². The smallest absolute Gasteiger partial charge is 0.239 e. The summed E-state index contributed by atoms with van der Waals surface area (Å²) >= 11 is 0. The van der Waals surface area contributed by atoms with Crippen LogP contribution in [-0.4, -0.2) is 13.4 Å². The molecule has 0 aliphatic heterocycles. The number of aromatic nitrogens is 1. The standard InChI is InChI=1S/C6H10N2O2S/c1-4-3-6(5(2)8-4)11(7,9)10/h3,8H,1-2H3,(H2,7,9,10). The van der Waals surface area contributed by atoms with Gasteiger partial charge >= 0.3 is 0 Å². The number of hydrogen-bond acceptors (Lipinski definition) is 2. The minimum absolute atomic E-state index is 0.176. The number of nitrogens with one attached hydrogen (secondary N) is 1. The van der Waals surface area contributed by atoms with Crippen LogP contribution >= 0.6 is 0 Å². The van der Waals surface area contributed by atoms with E-state index in [4.69, 9.17) is 5.14 Å². The Bertz CT molecular complexity index is 364. The summed E-state index contributed by atoms with van der Waals surface area (Å²) in [6.07, 6.45) is 0. The van der Waals surface area contributed by atoms with Gasteiger partial charge in [0.1, 0.15) is 4.90 Å². The van der Waals surface area contributed by atoms with Gasteiger partial charge < -0.3 is 4.98 Å². The first kappa shape index (κ1) is 8.29. The van der Waals surface area contributed by atoms with Crippen LogP contribution in [-0.2, 0) is 10.0 Å². The van der Waals surface area contributed by atoms with Gasteiger partial charge in [0.15, 0.2) is 0 Å². The molecular weight excluding hydrogens is 164 g/mol. The summed E-state index contributed by atoms with van der Waals surface area (Å²) in [5, 5.41) is 4.92. The van der Waals surface area contributed by atoms with Crippen molar-refractivity contribution in [3.05, 3.63) is 17.5 Å². The summed E-state index contributed by atoms with van der Waals surface area (Å²) in [5.41, 5.74) is 1.39. The molecule has 3 N–H and O–H groups in total. The van der Waals surface area contributed by atoms with E-state index in [0.717, 1.165) is 5.69 Å². The number of rotatable bonds is 1. The van der Waals surface area contributed by atoms with Crippen LogP contribution in [0.2, 0.25) is 0 Å². The molecule has 1 rings (SSSR count). The Morgan fingerprint density at radius 3 is 2.18 bits per heavy atom. The lowest BCUT2D eigenvalue weighted by molar-refractivity contribution is 0.597. The maximum atomic E-state index is 10.8. The van der Waals surface area contributed by atoms with Crippen molar-refractivity contribution in [2.24, 2.45) is 5.14 Å². The van der Waals surface area contributed by atoms with Crippen LogP contribution in [0, 0.1) is 13.8 Å². The highest BCUT2D eigenvalue weighted by Crippen LogP contribution is 2.13. The van der Waals surface area contributed by atoms with Gasteiger partial charge in [-0.15, -0.1) is 0 Å². The Morgan fingerprint density at radius 1 is 1.45 bits per heavy atom. The Labute approximate surface area is 65.5 Å². The highest BCUT2D eigenvalue weighted by Gasteiger charge is 2.12. The normalized spacial score (nSPS) is 11.9. The molecule has 0 aliphatic carbocycles. The molecule has 0 saturated carbocycles. The molecule has 0 fully saturated rings. The molecule has 0 bridgehead atoms. The second-order valence-electron chi connectivity index (χ2n) is 2.49. The van der Waals surface area contributed by atoms with E-state index in [0.29, 0.717) is 5.69 Å². The van der Waals surface area contributed by atoms with Gasteiger partial charge in [0.05, 0.1) is 0 Å². The predicted molar refractivity (Wildman–Crippen MR) is 41.6 cm³/mol. The summed E-state index contributed by atoms with van der Waals surface area (Å²) in [6.45, 7) is 3.45.